The quantitative estimate of drug-likeness (QED) is 0.206. The van der Waals surface area contributed by atoms with E-state index >= 15 is 0 Å². The molecule has 6 aliphatic rings. The Hall–Kier alpha value is -0.240. The van der Waals surface area contributed by atoms with Crippen molar-refractivity contribution in [2.45, 2.75) is 174 Å². The van der Waals surface area contributed by atoms with E-state index in [-0.39, 0.29) is 0 Å². The molecule has 5 N–H and O–H groups in total. The van der Waals surface area contributed by atoms with Crippen LogP contribution in [0.5, 0.6) is 0 Å². The first-order chi connectivity index (χ1) is 22.4. The minimum atomic E-state index is 0.824. The van der Waals surface area contributed by atoms with E-state index in [2.05, 4.69) is 108 Å². The van der Waals surface area contributed by atoms with E-state index in [4.69, 9.17) is 0 Å². The molecule has 0 spiro atoms. The number of nitrogens with zero attached hydrogens (tertiary/aromatic N) is 1. The fourth-order valence-corrected chi connectivity index (χ4v) is 8.44. The van der Waals surface area contributed by atoms with Gasteiger partial charge in [-0.3, -0.25) is 0 Å². The molecule has 1 aliphatic heterocycles. The Bertz CT molecular complexity index is 626. The van der Waals surface area contributed by atoms with Gasteiger partial charge >= 0.3 is 0 Å². The summed E-state index contributed by atoms with van der Waals surface area (Å²) >= 11 is 0. The molecule has 5 saturated carbocycles. The van der Waals surface area contributed by atoms with Crippen LogP contribution in [0.1, 0.15) is 144 Å². The maximum atomic E-state index is 3.29. The molecule has 5 aliphatic carbocycles. The highest BCUT2D eigenvalue weighted by atomic mass is 15.1. The van der Waals surface area contributed by atoms with Crippen molar-refractivity contribution in [1.29, 1.82) is 0 Å². The Morgan fingerprint density at radius 3 is 0.787 bits per heavy atom. The minimum Gasteiger partial charge on any atom is -0.317 e. The third-order valence-corrected chi connectivity index (χ3v) is 12.1. The zero-order valence-corrected chi connectivity index (χ0v) is 34.0. The third-order valence-electron chi connectivity index (χ3n) is 12.1. The number of rotatable bonds is 5. The van der Waals surface area contributed by atoms with Crippen molar-refractivity contribution < 1.29 is 0 Å². The number of likely N-dealkylation sites (tertiary alicyclic amines) is 1. The van der Waals surface area contributed by atoms with Crippen LogP contribution in [0, 0.1) is 35.5 Å². The van der Waals surface area contributed by atoms with Crippen LogP contribution in [-0.2, 0) is 0 Å². The summed E-state index contributed by atoms with van der Waals surface area (Å²) in [6, 6.07) is 4.14. The lowest BCUT2D eigenvalue weighted by molar-refractivity contribution is 0.221. The van der Waals surface area contributed by atoms with Crippen LogP contribution in [0.2, 0.25) is 0 Å². The first-order valence-electron chi connectivity index (χ1n) is 20.5. The van der Waals surface area contributed by atoms with Gasteiger partial charge in [0.1, 0.15) is 0 Å². The molecule has 0 aromatic heterocycles. The van der Waals surface area contributed by atoms with E-state index in [9.17, 15) is 0 Å². The van der Waals surface area contributed by atoms with Crippen molar-refractivity contribution in [1.82, 2.24) is 31.5 Å². The fraction of sp³-hybridized carbons (Fsp3) is 1.00. The molecular formula is C41H88N6. The fourth-order valence-electron chi connectivity index (χ4n) is 8.44. The molecular weight excluding hydrogens is 576 g/mol. The van der Waals surface area contributed by atoms with Gasteiger partial charge in [-0.15, -0.1) is 0 Å². The third kappa shape index (κ3) is 21.6. The largest absolute Gasteiger partial charge is 0.317 e. The van der Waals surface area contributed by atoms with Crippen molar-refractivity contribution in [3.05, 3.63) is 0 Å². The Balaban J connectivity index is 0.000000282. The highest BCUT2D eigenvalue weighted by Crippen LogP contribution is 2.26. The number of nitrogens with one attached hydrogen (secondary N) is 5. The Morgan fingerprint density at radius 1 is 0.362 bits per heavy atom. The summed E-state index contributed by atoms with van der Waals surface area (Å²) in [5, 5.41) is 16.4. The zero-order chi connectivity index (χ0) is 35.2. The molecule has 47 heavy (non-hydrogen) atoms. The molecule has 282 valence electrons. The summed E-state index contributed by atoms with van der Waals surface area (Å²) in [7, 11) is 12.5. The molecule has 0 amide bonds. The van der Waals surface area contributed by atoms with Gasteiger partial charge in [0.25, 0.3) is 0 Å². The Labute approximate surface area is 296 Å². The SMILES string of the molecule is CNC1CC(C)C1.CNC1CC[C@H](C)C1.CN[C@@H]1CC[C@H](C)C1.CN[C@@H]1CC[C@H](C)C1.CN[C@H]1CC[C@@H](C)C1.C[C@@H]1CCCN(C)C1. The Morgan fingerprint density at radius 2 is 0.660 bits per heavy atom. The van der Waals surface area contributed by atoms with Crippen LogP contribution < -0.4 is 26.6 Å². The van der Waals surface area contributed by atoms with E-state index in [0.29, 0.717) is 0 Å². The molecule has 9 atom stereocenters. The minimum absolute atomic E-state index is 0.824. The standard InChI is InChI=1S/5C7H15N.C6H13N/c4*1-6-3-4-7(5-6)8-2;1-7-4-3-5-8(2)6-7;1-5-3-6(4-5)7-2/h4*6-8H,3-5H2,1-2H3;7H,3-6H2,1-2H3;5-7H,3-4H2,1-2H3/t6-,7?;3*6-,7+;7-;/m01001./s1. The van der Waals surface area contributed by atoms with Gasteiger partial charge < -0.3 is 31.5 Å². The highest BCUT2D eigenvalue weighted by molar-refractivity contribution is 4.81. The van der Waals surface area contributed by atoms with Crippen molar-refractivity contribution in [3.8, 4) is 0 Å². The van der Waals surface area contributed by atoms with E-state index in [0.717, 1.165) is 65.7 Å². The van der Waals surface area contributed by atoms with Crippen LogP contribution in [-0.4, -0.2) is 90.5 Å². The maximum absolute atomic E-state index is 3.29. The number of piperidine rings is 1. The summed E-state index contributed by atoms with van der Waals surface area (Å²) in [5.74, 6) is 5.78. The summed E-state index contributed by atoms with van der Waals surface area (Å²) in [6.45, 7) is 16.6. The summed E-state index contributed by atoms with van der Waals surface area (Å²) in [6.07, 6.45) is 22.4. The molecule has 0 aromatic rings. The van der Waals surface area contributed by atoms with Gasteiger partial charge in [0.2, 0.25) is 0 Å². The first-order valence-corrected chi connectivity index (χ1v) is 20.5. The smallest absolute Gasteiger partial charge is 0.00691 e. The van der Waals surface area contributed by atoms with Crippen molar-refractivity contribution >= 4 is 0 Å². The van der Waals surface area contributed by atoms with E-state index in [1.54, 1.807) is 0 Å². The molecule has 6 fully saturated rings. The molecule has 6 nitrogen and oxygen atoms in total. The van der Waals surface area contributed by atoms with E-state index < -0.39 is 0 Å². The molecule has 1 saturated heterocycles. The lowest BCUT2D eigenvalue weighted by Gasteiger charge is -2.31. The molecule has 1 unspecified atom stereocenters. The zero-order valence-electron chi connectivity index (χ0n) is 34.0. The van der Waals surface area contributed by atoms with Crippen LogP contribution >= 0.6 is 0 Å². The summed E-state index contributed by atoms with van der Waals surface area (Å²) < 4.78 is 0. The van der Waals surface area contributed by atoms with Crippen LogP contribution in [0.25, 0.3) is 0 Å². The number of hydrogen-bond donors (Lipinski definition) is 5. The van der Waals surface area contributed by atoms with Crippen molar-refractivity contribution in [3.63, 3.8) is 0 Å². The first kappa shape index (κ1) is 44.8. The second-order valence-electron chi connectivity index (χ2n) is 17.2. The Kier molecular flexibility index (Phi) is 25.3. The van der Waals surface area contributed by atoms with Gasteiger partial charge in [-0.05, 0) is 187 Å². The molecule has 6 rings (SSSR count). The molecule has 0 bridgehead atoms. The predicted octanol–water partition coefficient (Wildman–Crippen LogP) is 7.93. The van der Waals surface area contributed by atoms with E-state index in [1.165, 1.54) is 116 Å². The van der Waals surface area contributed by atoms with Gasteiger partial charge in [-0.2, -0.15) is 0 Å². The highest BCUT2D eigenvalue weighted by Gasteiger charge is 2.23. The van der Waals surface area contributed by atoms with Crippen LogP contribution in [0.15, 0.2) is 0 Å². The van der Waals surface area contributed by atoms with Gasteiger partial charge in [0.05, 0.1) is 0 Å². The van der Waals surface area contributed by atoms with Crippen molar-refractivity contribution in [2.75, 3.05) is 55.4 Å². The average Bonchev–Trinajstić information content (AvgIpc) is 3.86. The average molecular weight is 665 g/mol. The predicted molar refractivity (Wildman–Crippen MR) is 211 cm³/mol. The molecule has 0 aromatic carbocycles. The van der Waals surface area contributed by atoms with Gasteiger partial charge in [-0.25, -0.2) is 0 Å². The van der Waals surface area contributed by atoms with Gasteiger partial charge in [-0.1, -0.05) is 41.5 Å². The van der Waals surface area contributed by atoms with Gasteiger partial charge in [0.15, 0.2) is 0 Å². The second-order valence-corrected chi connectivity index (χ2v) is 17.2. The molecule has 6 heteroatoms. The van der Waals surface area contributed by atoms with E-state index in [1.807, 2.05) is 7.05 Å². The summed E-state index contributed by atoms with van der Waals surface area (Å²) in [5.41, 5.74) is 0. The molecule has 0 radical (unpaired) electrons. The van der Waals surface area contributed by atoms with Crippen LogP contribution in [0.4, 0.5) is 0 Å². The maximum Gasteiger partial charge on any atom is 0.00691 e. The van der Waals surface area contributed by atoms with Crippen molar-refractivity contribution in [2.24, 2.45) is 35.5 Å². The lowest BCUT2D eigenvalue weighted by Crippen LogP contribution is -2.37. The van der Waals surface area contributed by atoms with Gasteiger partial charge in [0, 0.05) is 36.8 Å². The topological polar surface area (TPSA) is 63.4 Å². The molecule has 1 heterocycles. The van der Waals surface area contributed by atoms with Crippen LogP contribution in [0.3, 0.4) is 0 Å². The lowest BCUT2D eigenvalue weighted by atomic mass is 9.82. The summed E-state index contributed by atoms with van der Waals surface area (Å²) in [4.78, 5) is 2.41. The normalized spacial score (nSPS) is 37.7. The monoisotopic (exact) mass is 665 g/mol. The second kappa shape index (κ2) is 26.6. The number of hydrogen-bond acceptors (Lipinski definition) is 6.